The van der Waals surface area contributed by atoms with Crippen LogP contribution in [0.5, 0.6) is 0 Å². The highest BCUT2D eigenvalue weighted by Crippen LogP contribution is 2.35. The molecule has 5 nitrogen and oxygen atoms in total. The van der Waals surface area contributed by atoms with E-state index in [1.807, 2.05) is 36.5 Å². The smallest absolute Gasteiger partial charge is 0.350 e. The predicted molar refractivity (Wildman–Crippen MR) is 100 cm³/mol. The maximum atomic E-state index is 12.0. The first-order chi connectivity index (χ1) is 12.8. The number of esters is 1. The molecule has 5 heteroatoms. The number of nitrogens with one attached hydrogen (secondary N) is 1. The van der Waals surface area contributed by atoms with Crippen LogP contribution < -0.4 is 0 Å². The van der Waals surface area contributed by atoms with Crippen LogP contribution in [-0.4, -0.2) is 29.4 Å². The maximum absolute atomic E-state index is 12.0. The van der Waals surface area contributed by atoms with E-state index in [0.717, 1.165) is 27.7 Å². The number of hydrogen-bond acceptors (Lipinski definition) is 4. The number of ether oxygens (including phenoxy) is 1. The maximum Gasteiger partial charge on any atom is 0.350 e. The Labute approximate surface area is 151 Å². The molecule has 0 aliphatic carbocycles. The largest absolute Gasteiger partial charge is 0.463 e. The molecule has 2 atom stereocenters. The van der Waals surface area contributed by atoms with Crippen molar-refractivity contribution in [2.24, 2.45) is 5.16 Å². The van der Waals surface area contributed by atoms with Crippen molar-refractivity contribution < 1.29 is 14.4 Å². The summed E-state index contributed by atoms with van der Waals surface area (Å²) in [6.45, 7) is 2.12. The average molecular weight is 348 g/mol. The Hall–Kier alpha value is -3.08. The van der Waals surface area contributed by atoms with Crippen molar-refractivity contribution in [3.63, 3.8) is 0 Å². The van der Waals surface area contributed by atoms with Gasteiger partial charge < -0.3 is 14.6 Å². The van der Waals surface area contributed by atoms with Crippen molar-refractivity contribution in [2.45, 2.75) is 25.4 Å². The molecule has 0 saturated carbocycles. The van der Waals surface area contributed by atoms with E-state index in [1.165, 1.54) is 0 Å². The van der Waals surface area contributed by atoms with Gasteiger partial charge in [0.25, 0.3) is 0 Å². The second kappa shape index (κ2) is 7.04. The summed E-state index contributed by atoms with van der Waals surface area (Å²) in [6, 6.07) is 18.3. The van der Waals surface area contributed by atoms with Gasteiger partial charge in [-0.05, 0) is 24.1 Å². The summed E-state index contributed by atoms with van der Waals surface area (Å²) in [5.74, 6) is -0.441. The molecular weight excluding hydrogens is 328 g/mol. The number of H-pyrrole nitrogens is 1. The lowest BCUT2D eigenvalue weighted by Gasteiger charge is -2.16. The monoisotopic (exact) mass is 348 g/mol. The van der Waals surface area contributed by atoms with Crippen LogP contribution in [0.25, 0.3) is 10.9 Å². The van der Waals surface area contributed by atoms with Crippen LogP contribution in [0.3, 0.4) is 0 Å². The first kappa shape index (κ1) is 16.4. The molecule has 0 fully saturated rings. The van der Waals surface area contributed by atoms with Crippen molar-refractivity contribution in [1.82, 2.24) is 4.98 Å². The van der Waals surface area contributed by atoms with Crippen LogP contribution in [0, 0.1) is 0 Å². The summed E-state index contributed by atoms with van der Waals surface area (Å²) >= 11 is 0. The average Bonchev–Trinajstić information content (AvgIpc) is 3.32. The molecule has 26 heavy (non-hydrogen) atoms. The highest BCUT2D eigenvalue weighted by Gasteiger charge is 2.35. The number of carbonyl (C=O) groups is 1. The Morgan fingerprint density at radius 1 is 1.23 bits per heavy atom. The minimum atomic E-state index is -0.665. The number of hydrogen-bond donors (Lipinski definition) is 1. The standard InChI is InChI=1S/C21H20N2O3/c1-2-25-21(24)19-12-18(23-26-19)20(14-8-4-3-5-9-14)16-13-22-17-11-7-6-10-15(16)17/h3-11,13,19-20,22H,2,12H2,1H3. The topological polar surface area (TPSA) is 63.7 Å². The summed E-state index contributed by atoms with van der Waals surface area (Å²) in [6.07, 6.45) is 1.78. The van der Waals surface area contributed by atoms with Gasteiger partial charge in [0.05, 0.1) is 18.2 Å². The first-order valence-electron chi connectivity index (χ1n) is 8.78. The fourth-order valence-electron chi connectivity index (χ4n) is 3.46. The highest BCUT2D eigenvalue weighted by atomic mass is 16.7. The van der Waals surface area contributed by atoms with Crippen molar-refractivity contribution in [1.29, 1.82) is 0 Å². The van der Waals surface area contributed by atoms with Crippen LogP contribution in [0.4, 0.5) is 0 Å². The Balaban J connectivity index is 1.73. The van der Waals surface area contributed by atoms with Crippen molar-refractivity contribution in [3.05, 3.63) is 71.9 Å². The molecule has 0 radical (unpaired) electrons. The molecule has 0 saturated heterocycles. The summed E-state index contributed by atoms with van der Waals surface area (Å²) in [5.41, 5.74) is 4.15. The van der Waals surface area contributed by atoms with Crippen LogP contribution in [0.1, 0.15) is 30.4 Å². The van der Waals surface area contributed by atoms with Gasteiger partial charge in [-0.25, -0.2) is 4.79 Å². The Bertz CT molecular complexity index is 946. The minimum absolute atomic E-state index is 0.0771. The number of aromatic nitrogens is 1. The summed E-state index contributed by atoms with van der Waals surface area (Å²) in [7, 11) is 0. The molecule has 0 bridgehead atoms. The van der Waals surface area contributed by atoms with Crippen LogP contribution in [-0.2, 0) is 14.4 Å². The second-order valence-corrected chi connectivity index (χ2v) is 6.27. The van der Waals surface area contributed by atoms with Gasteiger partial charge in [0, 0.05) is 23.5 Å². The van der Waals surface area contributed by atoms with Gasteiger partial charge in [-0.2, -0.15) is 0 Å². The predicted octanol–water partition coefficient (Wildman–Crippen LogP) is 4.01. The number of aromatic amines is 1. The number of carbonyl (C=O) groups excluding carboxylic acids is 1. The molecule has 0 amide bonds. The molecule has 1 aliphatic heterocycles. The fraction of sp³-hybridized carbons (Fsp3) is 0.238. The van der Waals surface area contributed by atoms with Crippen molar-refractivity contribution in [3.8, 4) is 0 Å². The molecule has 1 aliphatic rings. The molecule has 2 unspecified atom stereocenters. The van der Waals surface area contributed by atoms with Gasteiger partial charge >= 0.3 is 5.97 Å². The number of nitrogens with zero attached hydrogens (tertiary/aromatic N) is 1. The zero-order chi connectivity index (χ0) is 17.9. The third-order valence-corrected chi connectivity index (χ3v) is 4.64. The van der Waals surface area contributed by atoms with Gasteiger partial charge in [0.15, 0.2) is 0 Å². The normalized spacial score (nSPS) is 17.6. The number of fused-ring (bicyclic) bond motifs is 1. The number of para-hydroxylation sites is 1. The van der Waals surface area contributed by atoms with Crippen LogP contribution >= 0.6 is 0 Å². The summed E-state index contributed by atoms with van der Waals surface area (Å²) in [4.78, 5) is 20.7. The van der Waals surface area contributed by atoms with E-state index in [1.54, 1.807) is 6.92 Å². The molecule has 2 aromatic carbocycles. The van der Waals surface area contributed by atoms with Crippen LogP contribution in [0.15, 0.2) is 65.9 Å². The molecular formula is C21H20N2O3. The lowest BCUT2D eigenvalue weighted by Crippen LogP contribution is -2.24. The zero-order valence-electron chi connectivity index (χ0n) is 14.5. The minimum Gasteiger partial charge on any atom is -0.463 e. The molecule has 3 aromatic rings. The molecule has 4 rings (SSSR count). The number of rotatable bonds is 5. The molecule has 132 valence electrons. The van der Waals surface area contributed by atoms with Gasteiger partial charge in [-0.15, -0.1) is 0 Å². The van der Waals surface area contributed by atoms with E-state index in [9.17, 15) is 4.79 Å². The zero-order valence-corrected chi connectivity index (χ0v) is 14.5. The Morgan fingerprint density at radius 2 is 2.00 bits per heavy atom. The highest BCUT2D eigenvalue weighted by molar-refractivity contribution is 6.01. The molecule has 2 heterocycles. The Kier molecular flexibility index (Phi) is 4.44. The van der Waals surface area contributed by atoms with Gasteiger partial charge in [0.2, 0.25) is 6.10 Å². The van der Waals surface area contributed by atoms with E-state index >= 15 is 0 Å². The van der Waals surface area contributed by atoms with E-state index in [4.69, 9.17) is 9.57 Å². The van der Waals surface area contributed by atoms with Crippen molar-refractivity contribution >= 4 is 22.6 Å². The third-order valence-electron chi connectivity index (χ3n) is 4.64. The lowest BCUT2D eigenvalue weighted by atomic mass is 9.85. The Morgan fingerprint density at radius 3 is 2.81 bits per heavy atom. The van der Waals surface area contributed by atoms with Gasteiger partial charge in [-0.1, -0.05) is 53.7 Å². The van der Waals surface area contributed by atoms with E-state index in [2.05, 4.69) is 34.4 Å². The third kappa shape index (κ3) is 2.96. The number of oxime groups is 1. The van der Waals surface area contributed by atoms with E-state index < -0.39 is 6.10 Å². The van der Waals surface area contributed by atoms with E-state index in [-0.39, 0.29) is 11.9 Å². The van der Waals surface area contributed by atoms with Gasteiger partial charge in [-0.3, -0.25) is 0 Å². The molecule has 0 spiro atoms. The molecule has 1 N–H and O–H groups in total. The van der Waals surface area contributed by atoms with Crippen molar-refractivity contribution in [2.75, 3.05) is 6.61 Å². The fourth-order valence-corrected chi connectivity index (χ4v) is 3.46. The second-order valence-electron chi connectivity index (χ2n) is 6.27. The van der Waals surface area contributed by atoms with Crippen LogP contribution in [0.2, 0.25) is 0 Å². The van der Waals surface area contributed by atoms with E-state index in [0.29, 0.717) is 13.0 Å². The lowest BCUT2D eigenvalue weighted by molar-refractivity contribution is -0.154. The first-order valence-corrected chi connectivity index (χ1v) is 8.78. The summed E-state index contributed by atoms with van der Waals surface area (Å²) in [5, 5.41) is 5.40. The number of benzene rings is 2. The SMILES string of the molecule is CCOC(=O)C1CC(C(c2ccccc2)c2c[nH]c3ccccc23)=NO1. The quantitative estimate of drug-likeness (QED) is 0.709. The van der Waals surface area contributed by atoms with Gasteiger partial charge in [0.1, 0.15) is 0 Å². The summed E-state index contributed by atoms with van der Waals surface area (Å²) < 4.78 is 5.08. The molecule has 1 aromatic heterocycles.